The maximum Gasteiger partial charge on any atom is 0.0439 e. The van der Waals surface area contributed by atoms with Crippen molar-refractivity contribution in [2.75, 3.05) is 11.6 Å². The van der Waals surface area contributed by atoms with Crippen LogP contribution < -0.4 is 0 Å². The molecule has 0 heterocycles. The molecule has 2 heteroatoms. The van der Waals surface area contributed by atoms with Crippen molar-refractivity contribution in [2.24, 2.45) is 0 Å². The Labute approximate surface area is 105 Å². The fraction of sp³-hybridized carbons (Fsp3) is 0.143. The van der Waals surface area contributed by atoms with Gasteiger partial charge in [-0.05, 0) is 22.9 Å². The number of thioether (sulfide) groups is 1. The molecule has 0 aliphatic rings. The topological polar surface area (TPSA) is 0 Å². The van der Waals surface area contributed by atoms with E-state index in [0.29, 0.717) is 5.88 Å². The van der Waals surface area contributed by atoms with Gasteiger partial charge in [0.15, 0.2) is 0 Å². The first-order valence-electron chi connectivity index (χ1n) is 5.14. The summed E-state index contributed by atoms with van der Waals surface area (Å²) in [6.45, 7) is 3.90. The van der Waals surface area contributed by atoms with E-state index in [1.165, 1.54) is 15.7 Å². The van der Waals surface area contributed by atoms with Crippen LogP contribution in [0.2, 0.25) is 0 Å². The smallest absolute Gasteiger partial charge is 0.0439 e. The van der Waals surface area contributed by atoms with Gasteiger partial charge in [0.25, 0.3) is 0 Å². The van der Waals surface area contributed by atoms with Crippen molar-refractivity contribution in [3.8, 4) is 0 Å². The molecule has 0 aliphatic heterocycles. The lowest BCUT2D eigenvalue weighted by Gasteiger charge is -2.04. The third-order valence-corrected chi connectivity index (χ3v) is 3.87. The highest BCUT2D eigenvalue weighted by molar-refractivity contribution is 7.99. The molecule has 0 amide bonds. The molecule has 0 bridgehead atoms. The number of hydrogen-bond donors (Lipinski definition) is 0. The summed E-state index contributed by atoms with van der Waals surface area (Å²) in [5, 5.41) is 2.56. The summed E-state index contributed by atoms with van der Waals surface area (Å²) < 4.78 is 0. The van der Waals surface area contributed by atoms with Gasteiger partial charge in [-0.25, -0.2) is 0 Å². The Kier molecular flexibility index (Phi) is 3.92. The average Bonchev–Trinajstić information content (AvgIpc) is 2.35. The molecule has 2 aromatic rings. The first kappa shape index (κ1) is 11.6. The Balaban J connectivity index is 2.16. The van der Waals surface area contributed by atoms with E-state index in [-0.39, 0.29) is 0 Å². The molecule has 0 nitrogen and oxygen atoms in total. The van der Waals surface area contributed by atoms with Crippen molar-refractivity contribution < 1.29 is 0 Å². The van der Waals surface area contributed by atoms with Gasteiger partial charge in [0, 0.05) is 16.5 Å². The molecule has 16 heavy (non-hydrogen) atoms. The van der Waals surface area contributed by atoms with Crippen molar-refractivity contribution in [2.45, 2.75) is 4.90 Å². The summed E-state index contributed by atoms with van der Waals surface area (Å²) in [6.07, 6.45) is 0. The van der Waals surface area contributed by atoms with Gasteiger partial charge in [0.2, 0.25) is 0 Å². The number of fused-ring (bicyclic) bond motifs is 1. The SMILES string of the molecule is C=C(CCl)CSc1ccc2ccccc2c1. The largest absolute Gasteiger partial charge is 0.122 e. The molecule has 0 saturated carbocycles. The molecule has 0 radical (unpaired) electrons. The molecule has 0 spiro atoms. The molecule has 0 N–H and O–H groups in total. The summed E-state index contributed by atoms with van der Waals surface area (Å²) in [5.41, 5.74) is 1.07. The van der Waals surface area contributed by atoms with Gasteiger partial charge in [-0.2, -0.15) is 0 Å². The van der Waals surface area contributed by atoms with Crippen molar-refractivity contribution in [3.63, 3.8) is 0 Å². The van der Waals surface area contributed by atoms with Crippen LogP contribution in [0.4, 0.5) is 0 Å². The van der Waals surface area contributed by atoms with Crippen LogP contribution in [0, 0.1) is 0 Å². The van der Waals surface area contributed by atoms with Gasteiger partial charge in [0.05, 0.1) is 0 Å². The number of alkyl halides is 1. The fourth-order valence-corrected chi connectivity index (χ4v) is 2.54. The molecular weight excluding hydrogens is 236 g/mol. The summed E-state index contributed by atoms with van der Waals surface area (Å²) in [4.78, 5) is 1.27. The highest BCUT2D eigenvalue weighted by Crippen LogP contribution is 2.24. The van der Waals surface area contributed by atoms with Gasteiger partial charge in [-0.15, -0.1) is 23.4 Å². The quantitative estimate of drug-likeness (QED) is 0.428. The van der Waals surface area contributed by atoms with Crippen LogP contribution in [0.3, 0.4) is 0 Å². The lowest BCUT2D eigenvalue weighted by molar-refractivity contribution is 1.42. The number of rotatable bonds is 4. The van der Waals surface area contributed by atoms with Gasteiger partial charge in [-0.3, -0.25) is 0 Å². The van der Waals surface area contributed by atoms with Crippen LogP contribution in [-0.4, -0.2) is 11.6 Å². The van der Waals surface area contributed by atoms with Crippen molar-refractivity contribution in [3.05, 3.63) is 54.6 Å². The molecular formula is C14H13ClS. The second-order valence-electron chi connectivity index (χ2n) is 3.68. The number of halogens is 1. The summed E-state index contributed by atoms with van der Waals surface area (Å²) in [7, 11) is 0. The van der Waals surface area contributed by atoms with Crippen LogP contribution in [0.5, 0.6) is 0 Å². The van der Waals surface area contributed by atoms with Crippen molar-refractivity contribution in [1.29, 1.82) is 0 Å². The number of hydrogen-bond acceptors (Lipinski definition) is 1. The maximum absolute atomic E-state index is 5.70. The molecule has 0 saturated heterocycles. The highest BCUT2D eigenvalue weighted by Gasteiger charge is 1.98. The average molecular weight is 249 g/mol. The van der Waals surface area contributed by atoms with E-state index in [0.717, 1.165) is 11.3 Å². The van der Waals surface area contributed by atoms with Crippen molar-refractivity contribution in [1.82, 2.24) is 0 Å². The van der Waals surface area contributed by atoms with E-state index >= 15 is 0 Å². The molecule has 2 rings (SSSR count). The molecule has 0 unspecified atom stereocenters. The Morgan fingerprint density at radius 2 is 1.88 bits per heavy atom. The standard InChI is InChI=1S/C14H13ClS/c1-11(9-15)10-16-14-7-6-12-4-2-3-5-13(12)8-14/h2-8H,1,9-10H2. The highest BCUT2D eigenvalue weighted by atomic mass is 35.5. The van der Waals surface area contributed by atoms with Gasteiger partial charge in [-0.1, -0.05) is 42.5 Å². The molecule has 82 valence electrons. The molecule has 0 aromatic heterocycles. The third kappa shape index (κ3) is 2.81. The van der Waals surface area contributed by atoms with E-state index in [1.807, 2.05) is 0 Å². The fourth-order valence-electron chi connectivity index (χ4n) is 1.48. The second-order valence-corrected chi connectivity index (χ2v) is 5.00. The minimum absolute atomic E-state index is 0.542. The first-order valence-corrected chi connectivity index (χ1v) is 6.66. The van der Waals surface area contributed by atoms with E-state index in [1.54, 1.807) is 11.8 Å². The van der Waals surface area contributed by atoms with Gasteiger partial charge < -0.3 is 0 Å². The van der Waals surface area contributed by atoms with Crippen LogP contribution in [0.1, 0.15) is 0 Å². The second kappa shape index (κ2) is 5.42. The van der Waals surface area contributed by atoms with E-state index < -0.39 is 0 Å². The zero-order valence-electron chi connectivity index (χ0n) is 8.95. The van der Waals surface area contributed by atoms with Gasteiger partial charge in [0.1, 0.15) is 0 Å². The predicted octanol–water partition coefficient (Wildman–Crippen LogP) is 4.73. The minimum atomic E-state index is 0.542. The van der Waals surface area contributed by atoms with E-state index in [9.17, 15) is 0 Å². The monoisotopic (exact) mass is 248 g/mol. The first-order chi connectivity index (χ1) is 7.79. The van der Waals surface area contributed by atoms with Crippen LogP contribution in [-0.2, 0) is 0 Å². The predicted molar refractivity (Wildman–Crippen MR) is 74.5 cm³/mol. The lowest BCUT2D eigenvalue weighted by atomic mass is 10.1. The zero-order valence-corrected chi connectivity index (χ0v) is 10.5. The Morgan fingerprint density at radius 3 is 2.62 bits per heavy atom. The summed E-state index contributed by atoms with van der Waals surface area (Å²) >= 11 is 7.48. The van der Waals surface area contributed by atoms with Crippen molar-refractivity contribution >= 4 is 34.1 Å². The number of benzene rings is 2. The maximum atomic E-state index is 5.70. The zero-order chi connectivity index (χ0) is 11.4. The van der Waals surface area contributed by atoms with Crippen LogP contribution >= 0.6 is 23.4 Å². The summed E-state index contributed by atoms with van der Waals surface area (Å²) in [5.74, 6) is 1.43. The molecule has 0 aliphatic carbocycles. The van der Waals surface area contributed by atoms with Crippen LogP contribution in [0.25, 0.3) is 10.8 Å². The Hall–Kier alpha value is -0.920. The molecule has 0 fully saturated rings. The molecule has 0 atom stereocenters. The van der Waals surface area contributed by atoms with Gasteiger partial charge >= 0.3 is 0 Å². The Morgan fingerprint density at radius 1 is 1.12 bits per heavy atom. The minimum Gasteiger partial charge on any atom is -0.122 e. The van der Waals surface area contributed by atoms with Crippen LogP contribution in [0.15, 0.2) is 59.5 Å². The summed E-state index contributed by atoms with van der Waals surface area (Å²) in [6, 6.07) is 14.9. The normalized spacial score (nSPS) is 10.6. The van der Waals surface area contributed by atoms with E-state index in [4.69, 9.17) is 11.6 Å². The lowest BCUT2D eigenvalue weighted by Crippen LogP contribution is -1.86. The molecule has 2 aromatic carbocycles. The Bertz CT molecular complexity index is 505. The van der Waals surface area contributed by atoms with E-state index in [2.05, 4.69) is 49.0 Å². The third-order valence-electron chi connectivity index (χ3n) is 2.35.